The fourth-order valence-corrected chi connectivity index (χ4v) is 0.940. The zero-order valence-corrected chi connectivity index (χ0v) is 6.43. The Labute approximate surface area is 62.9 Å². The first-order valence-corrected chi connectivity index (χ1v) is 3.85. The van der Waals surface area contributed by atoms with Crippen molar-refractivity contribution < 1.29 is 5.11 Å². The first kappa shape index (κ1) is 7.43. The normalized spacial score (nSPS) is 13.0. The zero-order valence-electron chi connectivity index (χ0n) is 5.61. The van der Waals surface area contributed by atoms with Crippen LogP contribution in [0.25, 0.3) is 0 Å². The summed E-state index contributed by atoms with van der Waals surface area (Å²) in [7, 11) is 0. The van der Waals surface area contributed by atoms with E-state index in [2.05, 4.69) is 15.5 Å². The van der Waals surface area contributed by atoms with Gasteiger partial charge < -0.3 is 10.4 Å². The summed E-state index contributed by atoms with van der Waals surface area (Å²) in [4.78, 5) is 0. The molecule has 56 valence electrons. The number of aliphatic hydroxyl groups excluding tert-OH is 1. The van der Waals surface area contributed by atoms with Gasteiger partial charge in [-0.3, -0.25) is 0 Å². The smallest absolute Gasteiger partial charge is 0.205 e. The Hall–Kier alpha value is -0.680. The van der Waals surface area contributed by atoms with Gasteiger partial charge in [-0.1, -0.05) is 11.3 Å². The lowest BCUT2D eigenvalue weighted by Crippen LogP contribution is -2.14. The van der Waals surface area contributed by atoms with Gasteiger partial charge in [0.25, 0.3) is 0 Å². The summed E-state index contributed by atoms with van der Waals surface area (Å²) in [5, 5.41) is 19.9. The fraction of sp³-hybridized carbons (Fsp3) is 0.600. The number of rotatable bonds is 3. The number of nitrogens with zero attached hydrogens (tertiary/aromatic N) is 2. The van der Waals surface area contributed by atoms with Crippen molar-refractivity contribution in [2.45, 2.75) is 13.0 Å². The van der Waals surface area contributed by atoms with Crippen molar-refractivity contribution in [3.8, 4) is 0 Å². The average Bonchev–Trinajstić information content (AvgIpc) is 2.34. The largest absolute Gasteiger partial charge is 0.392 e. The van der Waals surface area contributed by atoms with Crippen LogP contribution in [0, 0.1) is 0 Å². The highest BCUT2D eigenvalue weighted by atomic mass is 32.1. The van der Waals surface area contributed by atoms with Gasteiger partial charge in [0, 0.05) is 6.54 Å². The van der Waals surface area contributed by atoms with Crippen molar-refractivity contribution in [1.29, 1.82) is 0 Å². The van der Waals surface area contributed by atoms with E-state index in [9.17, 15) is 0 Å². The van der Waals surface area contributed by atoms with E-state index in [1.165, 1.54) is 11.3 Å². The predicted molar refractivity (Wildman–Crippen MR) is 40.1 cm³/mol. The topological polar surface area (TPSA) is 58.0 Å². The van der Waals surface area contributed by atoms with Crippen LogP contribution in [-0.4, -0.2) is 28.0 Å². The maximum absolute atomic E-state index is 8.85. The summed E-state index contributed by atoms with van der Waals surface area (Å²) in [6.07, 6.45) is -0.344. The maximum Gasteiger partial charge on any atom is 0.205 e. The highest BCUT2D eigenvalue weighted by molar-refractivity contribution is 7.13. The minimum Gasteiger partial charge on any atom is -0.392 e. The van der Waals surface area contributed by atoms with Gasteiger partial charge in [-0.15, -0.1) is 10.2 Å². The van der Waals surface area contributed by atoms with Crippen molar-refractivity contribution in [3.63, 3.8) is 0 Å². The molecule has 0 aliphatic heterocycles. The molecule has 0 bridgehead atoms. The van der Waals surface area contributed by atoms with E-state index in [0.717, 1.165) is 5.13 Å². The lowest BCUT2D eigenvalue weighted by Gasteiger charge is -2.02. The molecule has 2 N–H and O–H groups in total. The molecule has 0 radical (unpaired) electrons. The number of hydrogen-bond donors (Lipinski definition) is 2. The van der Waals surface area contributed by atoms with Crippen LogP contribution in [0.2, 0.25) is 0 Å². The van der Waals surface area contributed by atoms with Crippen LogP contribution in [0.4, 0.5) is 5.13 Å². The van der Waals surface area contributed by atoms with Crippen LogP contribution >= 0.6 is 11.3 Å². The first-order valence-electron chi connectivity index (χ1n) is 2.97. The lowest BCUT2D eigenvalue weighted by molar-refractivity contribution is 0.208. The zero-order chi connectivity index (χ0) is 7.40. The Bertz CT molecular complexity index is 175. The summed E-state index contributed by atoms with van der Waals surface area (Å²) in [6, 6.07) is 0. The van der Waals surface area contributed by atoms with E-state index in [1.54, 1.807) is 12.4 Å². The van der Waals surface area contributed by atoms with E-state index in [1.807, 2.05) is 0 Å². The summed E-state index contributed by atoms with van der Waals surface area (Å²) in [5.41, 5.74) is 1.64. The molecule has 1 aromatic rings. The van der Waals surface area contributed by atoms with Gasteiger partial charge in [-0.25, -0.2) is 0 Å². The number of aromatic nitrogens is 2. The van der Waals surface area contributed by atoms with Crippen LogP contribution < -0.4 is 5.32 Å². The molecule has 0 aliphatic rings. The van der Waals surface area contributed by atoms with E-state index in [4.69, 9.17) is 5.11 Å². The third-order valence-corrected chi connectivity index (χ3v) is 1.56. The second-order valence-electron chi connectivity index (χ2n) is 1.97. The third-order valence-electron chi connectivity index (χ3n) is 0.909. The van der Waals surface area contributed by atoms with Crippen molar-refractivity contribution in [3.05, 3.63) is 5.51 Å². The van der Waals surface area contributed by atoms with Gasteiger partial charge in [0.1, 0.15) is 5.51 Å². The molecule has 0 spiro atoms. The summed E-state index contributed by atoms with van der Waals surface area (Å²) < 4.78 is 0. The molecule has 1 rings (SSSR count). The second kappa shape index (κ2) is 3.48. The molecule has 1 heterocycles. The molecule has 5 heteroatoms. The first-order chi connectivity index (χ1) is 4.79. The van der Waals surface area contributed by atoms with Gasteiger partial charge in [-0.2, -0.15) is 0 Å². The Kier molecular flexibility index (Phi) is 2.58. The monoisotopic (exact) mass is 159 g/mol. The molecule has 0 amide bonds. The Balaban J connectivity index is 2.28. The quantitative estimate of drug-likeness (QED) is 0.667. The molecule has 1 aromatic heterocycles. The molecule has 0 aromatic carbocycles. The molecule has 0 aliphatic carbocycles. The maximum atomic E-state index is 8.85. The molecular weight excluding hydrogens is 150 g/mol. The van der Waals surface area contributed by atoms with Gasteiger partial charge in [0.2, 0.25) is 5.13 Å². The predicted octanol–water partition coefficient (Wildman–Crippen LogP) is 0.331. The highest BCUT2D eigenvalue weighted by Crippen LogP contribution is 2.06. The van der Waals surface area contributed by atoms with Gasteiger partial charge in [-0.05, 0) is 6.92 Å². The molecule has 0 saturated carbocycles. The van der Waals surface area contributed by atoms with Crippen LogP contribution in [0.5, 0.6) is 0 Å². The molecule has 1 atom stereocenters. The van der Waals surface area contributed by atoms with Gasteiger partial charge in [0.05, 0.1) is 6.10 Å². The molecule has 10 heavy (non-hydrogen) atoms. The molecular formula is C5H9N3OS. The van der Waals surface area contributed by atoms with Crippen molar-refractivity contribution in [1.82, 2.24) is 10.2 Å². The molecule has 0 fully saturated rings. The standard InChI is InChI=1S/C5H9N3OS/c1-4(9)2-6-5-8-7-3-10-5/h3-4,9H,2H2,1H3,(H,6,8). The Morgan fingerprint density at radius 2 is 2.70 bits per heavy atom. The summed E-state index contributed by atoms with van der Waals surface area (Å²) in [6.45, 7) is 2.24. The van der Waals surface area contributed by atoms with Gasteiger partial charge >= 0.3 is 0 Å². The summed E-state index contributed by atoms with van der Waals surface area (Å²) >= 11 is 1.42. The van der Waals surface area contributed by atoms with Crippen molar-refractivity contribution in [2.24, 2.45) is 0 Å². The van der Waals surface area contributed by atoms with E-state index < -0.39 is 0 Å². The van der Waals surface area contributed by atoms with E-state index >= 15 is 0 Å². The number of nitrogens with one attached hydrogen (secondary N) is 1. The van der Waals surface area contributed by atoms with E-state index in [-0.39, 0.29) is 6.10 Å². The van der Waals surface area contributed by atoms with Crippen LogP contribution in [0.1, 0.15) is 6.92 Å². The Morgan fingerprint density at radius 3 is 3.20 bits per heavy atom. The van der Waals surface area contributed by atoms with Crippen LogP contribution in [-0.2, 0) is 0 Å². The van der Waals surface area contributed by atoms with Crippen molar-refractivity contribution >= 4 is 16.5 Å². The molecule has 0 saturated heterocycles. The molecule has 4 nitrogen and oxygen atoms in total. The lowest BCUT2D eigenvalue weighted by atomic mass is 10.4. The van der Waals surface area contributed by atoms with Crippen LogP contribution in [0.15, 0.2) is 5.51 Å². The number of anilines is 1. The van der Waals surface area contributed by atoms with E-state index in [0.29, 0.717) is 6.54 Å². The minimum atomic E-state index is -0.344. The number of hydrogen-bond acceptors (Lipinski definition) is 5. The fourth-order valence-electron chi connectivity index (χ4n) is 0.485. The SMILES string of the molecule is CC(O)CNc1nncs1. The summed E-state index contributed by atoms with van der Waals surface area (Å²) in [5.74, 6) is 0. The second-order valence-corrected chi connectivity index (χ2v) is 2.81. The minimum absolute atomic E-state index is 0.344. The van der Waals surface area contributed by atoms with Crippen molar-refractivity contribution in [2.75, 3.05) is 11.9 Å². The third kappa shape index (κ3) is 2.28. The Morgan fingerprint density at radius 1 is 1.90 bits per heavy atom. The van der Waals surface area contributed by atoms with Crippen LogP contribution in [0.3, 0.4) is 0 Å². The van der Waals surface area contributed by atoms with Gasteiger partial charge in [0.15, 0.2) is 0 Å². The number of aliphatic hydroxyl groups is 1. The highest BCUT2D eigenvalue weighted by Gasteiger charge is 1.96. The molecule has 1 unspecified atom stereocenters. The average molecular weight is 159 g/mol.